The Hall–Kier alpha value is -1.88. The van der Waals surface area contributed by atoms with Crippen LogP contribution in [0.1, 0.15) is 29.6 Å². The first-order chi connectivity index (χ1) is 11.1. The molecule has 2 amide bonds. The summed E-state index contributed by atoms with van der Waals surface area (Å²) < 4.78 is 0. The molecule has 5 nitrogen and oxygen atoms in total. The highest BCUT2D eigenvalue weighted by molar-refractivity contribution is 6.05. The zero-order chi connectivity index (χ0) is 16.4. The summed E-state index contributed by atoms with van der Waals surface area (Å²) >= 11 is 0. The van der Waals surface area contributed by atoms with Gasteiger partial charge in [-0.25, -0.2) is 0 Å². The minimum atomic E-state index is 0.0367. The van der Waals surface area contributed by atoms with Gasteiger partial charge in [0, 0.05) is 26.1 Å². The van der Waals surface area contributed by atoms with E-state index in [2.05, 4.69) is 5.32 Å². The van der Waals surface area contributed by atoms with Gasteiger partial charge in [-0.1, -0.05) is 12.1 Å². The van der Waals surface area contributed by atoms with Crippen LogP contribution in [0.5, 0.6) is 0 Å². The molecule has 1 aromatic rings. The van der Waals surface area contributed by atoms with Gasteiger partial charge in [-0.05, 0) is 50.9 Å². The van der Waals surface area contributed by atoms with Gasteiger partial charge in [0.15, 0.2) is 0 Å². The highest BCUT2D eigenvalue weighted by Crippen LogP contribution is 2.33. The van der Waals surface area contributed by atoms with Crippen molar-refractivity contribution in [3.8, 4) is 0 Å². The first-order valence-corrected chi connectivity index (χ1v) is 8.42. The monoisotopic (exact) mass is 315 g/mol. The number of anilines is 1. The topological polar surface area (TPSA) is 52.7 Å². The molecule has 0 aromatic heterocycles. The third kappa shape index (κ3) is 3.39. The van der Waals surface area contributed by atoms with E-state index >= 15 is 0 Å². The van der Waals surface area contributed by atoms with Crippen LogP contribution < -0.4 is 10.2 Å². The van der Waals surface area contributed by atoms with Crippen LogP contribution in [0.15, 0.2) is 24.3 Å². The molecule has 0 spiro atoms. The lowest BCUT2D eigenvalue weighted by molar-refractivity contribution is -0.119. The SMILES string of the molecule is CNCC1CCN(C(=O)c2ccccc2N(C)C(=O)C2CC2)C1. The number of benzene rings is 1. The second-order valence-corrected chi connectivity index (χ2v) is 6.65. The van der Waals surface area contributed by atoms with Crippen LogP contribution in [0.4, 0.5) is 5.69 Å². The third-order valence-electron chi connectivity index (χ3n) is 4.82. The van der Waals surface area contributed by atoms with Crippen molar-refractivity contribution in [2.24, 2.45) is 11.8 Å². The zero-order valence-corrected chi connectivity index (χ0v) is 13.9. The van der Waals surface area contributed by atoms with Crippen molar-refractivity contribution in [2.75, 3.05) is 38.6 Å². The van der Waals surface area contributed by atoms with Gasteiger partial charge in [0.25, 0.3) is 5.91 Å². The number of para-hydroxylation sites is 1. The fraction of sp³-hybridized carbons (Fsp3) is 0.556. The van der Waals surface area contributed by atoms with Crippen molar-refractivity contribution >= 4 is 17.5 Å². The molecule has 3 rings (SSSR count). The van der Waals surface area contributed by atoms with Crippen molar-refractivity contribution in [2.45, 2.75) is 19.3 Å². The quantitative estimate of drug-likeness (QED) is 0.900. The van der Waals surface area contributed by atoms with E-state index in [9.17, 15) is 9.59 Å². The fourth-order valence-electron chi connectivity index (χ4n) is 3.31. The van der Waals surface area contributed by atoms with Crippen molar-refractivity contribution in [1.82, 2.24) is 10.2 Å². The Morgan fingerprint density at radius 1 is 1.26 bits per heavy atom. The van der Waals surface area contributed by atoms with Crippen LogP contribution >= 0.6 is 0 Å². The summed E-state index contributed by atoms with van der Waals surface area (Å²) in [7, 11) is 3.72. The molecule has 124 valence electrons. The number of amides is 2. The van der Waals surface area contributed by atoms with Gasteiger partial charge in [-0.2, -0.15) is 0 Å². The Balaban J connectivity index is 1.77. The molecule has 2 aliphatic rings. The maximum atomic E-state index is 12.9. The predicted octanol–water partition coefficient (Wildman–Crippen LogP) is 1.74. The molecule has 0 radical (unpaired) electrons. The van der Waals surface area contributed by atoms with E-state index in [4.69, 9.17) is 0 Å². The van der Waals surface area contributed by atoms with Gasteiger partial charge in [0.1, 0.15) is 0 Å². The first-order valence-electron chi connectivity index (χ1n) is 8.42. The highest BCUT2D eigenvalue weighted by atomic mass is 16.2. The molecule has 1 saturated carbocycles. The summed E-state index contributed by atoms with van der Waals surface area (Å²) in [6, 6.07) is 7.46. The van der Waals surface area contributed by atoms with Crippen LogP contribution in [-0.4, -0.2) is 50.4 Å². The van der Waals surface area contributed by atoms with Crippen LogP contribution in [0.2, 0.25) is 0 Å². The van der Waals surface area contributed by atoms with E-state index in [0.717, 1.165) is 44.6 Å². The number of nitrogens with zero attached hydrogens (tertiary/aromatic N) is 2. The molecule has 1 heterocycles. The minimum absolute atomic E-state index is 0.0367. The van der Waals surface area contributed by atoms with Gasteiger partial charge in [-0.3, -0.25) is 9.59 Å². The third-order valence-corrected chi connectivity index (χ3v) is 4.82. The zero-order valence-electron chi connectivity index (χ0n) is 13.9. The Kier molecular flexibility index (Phi) is 4.66. The maximum Gasteiger partial charge on any atom is 0.255 e. The number of carbonyl (C=O) groups is 2. The Bertz CT molecular complexity index is 598. The summed E-state index contributed by atoms with van der Waals surface area (Å²) in [5.41, 5.74) is 1.36. The normalized spacial score (nSPS) is 20.6. The molecule has 5 heteroatoms. The maximum absolute atomic E-state index is 12.9. The molecule has 1 unspecified atom stereocenters. The Morgan fingerprint density at radius 2 is 2.00 bits per heavy atom. The molecular formula is C18H25N3O2. The summed E-state index contributed by atoms with van der Waals surface area (Å²) in [5.74, 6) is 0.825. The molecule has 1 aromatic carbocycles. The average molecular weight is 315 g/mol. The van der Waals surface area contributed by atoms with Crippen molar-refractivity contribution in [3.63, 3.8) is 0 Å². The molecule has 1 aliphatic heterocycles. The summed E-state index contributed by atoms with van der Waals surface area (Å²) in [5, 5.41) is 3.18. The molecule has 23 heavy (non-hydrogen) atoms. The van der Waals surface area contributed by atoms with Crippen molar-refractivity contribution < 1.29 is 9.59 Å². The van der Waals surface area contributed by atoms with Gasteiger partial charge < -0.3 is 15.1 Å². The summed E-state index contributed by atoms with van der Waals surface area (Å²) in [6.45, 7) is 2.51. The smallest absolute Gasteiger partial charge is 0.255 e. The van der Waals surface area contributed by atoms with Crippen LogP contribution in [0.3, 0.4) is 0 Å². The number of carbonyl (C=O) groups excluding carboxylic acids is 2. The standard InChI is InChI=1S/C18H25N3O2/c1-19-11-13-9-10-21(12-13)18(23)15-5-3-4-6-16(15)20(2)17(22)14-7-8-14/h3-6,13-14,19H,7-12H2,1-2H3. The molecule has 1 aliphatic carbocycles. The van der Waals surface area contributed by atoms with Gasteiger partial charge in [0.2, 0.25) is 5.91 Å². The minimum Gasteiger partial charge on any atom is -0.338 e. The Morgan fingerprint density at radius 3 is 2.70 bits per heavy atom. The van der Waals surface area contributed by atoms with E-state index in [0.29, 0.717) is 11.5 Å². The number of likely N-dealkylation sites (tertiary alicyclic amines) is 1. The fourth-order valence-corrected chi connectivity index (χ4v) is 3.31. The van der Waals surface area contributed by atoms with E-state index in [1.165, 1.54) is 0 Å². The largest absolute Gasteiger partial charge is 0.338 e. The average Bonchev–Trinajstić information content (AvgIpc) is 3.32. The van der Waals surface area contributed by atoms with Crippen LogP contribution in [-0.2, 0) is 4.79 Å². The summed E-state index contributed by atoms with van der Waals surface area (Å²) in [4.78, 5) is 28.8. The number of hydrogen-bond acceptors (Lipinski definition) is 3. The van der Waals surface area contributed by atoms with E-state index < -0.39 is 0 Å². The van der Waals surface area contributed by atoms with Gasteiger partial charge in [-0.15, -0.1) is 0 Å². The number of hydrogen-bond donors (Lipinski definition) is 1. The second-order valence-electron chi connectivity index (χ2n) is 6.65. The van der Waals surface area contributed by atoms with E-state index in [1.54, 1.807) is 11.9 Å². The first kappa shape index (κ1) is 16.0. The summed E-state index contributed by atoms with van der Waals surface area (Å²) in [6.07, 6.45) is 2.97. The Labute approximate surface area is 137 Å². The predicted molar refractivity (Wildman–Crippen MR) is 90.5 cm³/mol. The van der Waals surface area contributed by atoms with Gasteiger partial charge >= 0.3 is 0 Å². The van der Waals surface area contributed by atoms with Crippen LogP contribution in [0.25, 0.3) is 0 Å². The van der Waals surface area contributed by atoms with E-state index in [1.807, 2.05) is 36.2 Å². The lowest BCUT2D eigenvalue weighted by Crippen LogP contribution is -2.34. The molecule has 0 bridgehead atoms. The number of nitrogens with one attached hydrogen (secondary N) is 1. The van der Waals surface area contributed by atoms with Crippen molar-refractivity contribution in [1.29, 1.82) is 0 Å². The number of rotatable bonds is 5. The highest BCUT2D eigenvalue weighted by Gasteiger charge is 2.34. The second kappa shape index (κ2) is 6.71. The van der Waals surface area contributed by atoms with Crippen molar-refractivity contribution in [3.05, 3.63) is 29.8 Å². The molecular weight excluding hydrogens is 290 g/mol. The molecule has 1 atom stereocenters. The van der Waals surface area contributed by atoms with Gasteiger partial charge in [0.05, 0.1) is 11.3 Å². The van der Waals surface area contributed by atoms with E-state index in [-0.39, 0.29) is 17.7 Å². The lowest BCUT2D eigenvalue weighted by Gasteiger charge is -2.23. The molecule has 2 fully saturated rings. The molecule has 1 N–H and O–H groups in total. The lowest BCUT2D eigenvalue weighted by atomic mass is 10.1. The molecule has 1 saturated heterocycles. The van der Waals surface area contributed by atoms with Crippen LogP contribution in [0, 0.1) is 11.8 Å².